The molecule has 0 saturated heterocycles. The summed E-state index contributed by atoms with van der Waals surface area (Å²) in [7, 11) is -2.15. The summed E-state index contributed by atoms with van der Waals surface area (Å²) in [5.74, 6) is -0.592. The molecule has 0 unspecified atom stereocenters. The van der Waals surface area contributed by atoms with Gasteiger partial charge in [0.1, 0.15) is 5.60 Å². The van der Waals surface area contributed by atoms with Crippen LogP contribution in [0.25, 0.3) is 16.7 Å². The molecule has 0 fully saturated rings. The Kier molecular flexibility index (Phi) is 7.85. The van der Waals surface area contributed by atoms with Crippen LogP contribution in [0.5, 0.6) is 0 Å². The maximum Gasteiger partial charge on any atom is 0.412 e. The molecule has 4 rings (SSSR count). The van der Waals surface area contributed by atoms with Crippen molar-refractivity contribution in [1.82, 2.24) is 9.55 Å². The highest BCUT2D eigenvalue weighted by molar-refractivity contribution is 7.92. The zero-order valence-electron chi connectivity index (χ0n) is 22.2. The highest BCUT2D eigenvalue weighted by Gasteiger charge is 2.21. The van der Waals surface area contributed by atoms with E-state index >= 15 is 0 Å². The largest absolute Gasteiger partial charge is 0.444 e. The Labute approximate surface area is 233 Å². The van der Waals surface area contributed by atoms with E-state index in [1.165, 1.54) is 19.2 Å². The zero-order chi connectivity index (χ0) is 29.4. The van der Waals surface area contributed by atoms with E-state index in [4.69, 9.17) is 4.74 Å². The number of hydrogen-bond donors (Lipinski definition) is 2. The van der Waals surface area contributed by atoms with Gasteiger partial charge in [-0.05, 0) is 69.3 Å². The molecule has 0 bridgehead atoms. The standard InChI is InChI=1S/C26H27F2N5O5S2/c1-26(2,3)38-25(35)29-15-7-6-8-17(13-15)33-19-10-9-16(32(4)40(5,36)37)14-18(19)30-24(33)31-23(34)21-12-11-20(39-21)22(27)28/h6-14,22H,1-5H3,(H,29,35)(H,30,31,34). The third kappa shape index (κ3) is 6.57. The molecule has 2 aromatic carbocycles. The van der Waals surface area contributed by atoms with E-state index in [-0.39, 0.29) is 15.7 Å². The highest BCUT2D eigenvalue weighted by Crippen LogP contribution is 2.31. The van der Waals surface area contributed by atoms with Gasteiger partial charge in [0.05, 0.1) is 38.4 Å². The Morgan fingerprint density at radius 3 is 2.42 bits per heavy atom. The van der Waals surface area contributed by atoms with Crippen molar-refractivity contribution in [3.63, 3.8) is 0 Å². The van der Waals surface area contributed by atoms with E-state index in [1.54, 1.807) is 67.8 Å². The normalized spacial score (nSPS) is 12.0. The van der Waals surface area contributed by atoms with Gasteiger partial charge in [0.15, 0.2) is 0 Å². The molecule has 0 atom stereocenters. The molecule has 2 amide bonds. The lowest BCUT2D eigenvalue weighted by molar-refractivity contribution is 0.0635. The summed E-state index contributed by atoms with van der Waals surface area (Å²) in [5, 5.41) is 5.34. The molecule has 2 N–H and O–H groups in total. The number of sulfonamides is 1. The van der Waals surface area contributed by atoms with Crippen molar-refractivity contribution in [1.29, 1.82) is 0 Å². The third-order valence-corrected chi connectivity index (χ3v) is 7.84. The quantitative estimate of drug-likeness (QED) is 0.271. The Balaban J connectivity index is 1.78. The molecule has 0 saturated carbocycles. The summed E-state index contributed by atoms with van der Waals surface area (Å²) in [6, 6.07) is 14.0. The first-order chi connectivity index (χ1) is 18.6. The molecule has 2 aromatic heterocycles. The van der Waals surface area contributed by atoms with Gasteiger partial charge in [0.2, 0.25) is 16.0 Å². The number of ether oxygens (including phenoxy) is 1. The number of hydrogen-bond acceptors (Lipinski definition) is 7. The number of aromatic nitrogens is 2. The van der Waals surface area contributed by atoms with E-state index in [0.29, 0.717) is 39.4 Å². The van der Waals surface area contributed by atoms with Crippen LogP contribution >= 0.6 is 11.3 Å². The molecular formula is C26H27F2N5O5S2. The van der Waals surface area contributed by atoms with Crippen LogP contribution in [0.2, 0.25) is 0 Å². The third-order valence-electron chi connectivity index (χ3n) is 5.54. The van der Waals surface area contributed by atoms with Gasteiger partial charge in [0, 0.05) is 12.7 Å². The summed E-state index contributed by atoms with van der Waals surface area (Å²) >= 11 is 0.666. The van der Waals surface area contributed by atoms with Crippen molar-refractivity contribution >= 4 is 61.7 Å². The number of carbonyl (C=O) groups excluding carboxylic acids is 2. The monoisotopic (exact) mass is 591 g/mol. The molecule has 0 radical (unpaired) electrons. The van der Waals surface area contributed by atoms with Crippen molar-refractivity contribution in [2.24, 2.45) is 0 Å². The number of halogens is 2. The fraction of sp³-hybridized carbons (Fsp3) is 0.269. The van der Waals surface area contributed by atoms with Gasteiger partial charge >= 0.3 is 6.09 Å². The maximum absolute atomic E-state index is 13.1. The molecule has 0 spiro atoms. The van der Waals surface area contributed by atoms with Gasteiger partial charge < -0.3 is 4.74 Å². The predicted molar refractivity (Wildman–Crippen MR) is 151 cm³/mol. The number of fused-ring (bicyclic) bond motifs is 1. The van der Waals surface area contributed by atoms with Gasteiger partial charge in [-0.15, -0.1) is 11.3 Å². The second-order valence-electron chi connectivity index (χ2n) is 9.81. The summed E-state index contributed by atoms with van der Waals surface area (Å²) < 4.78 is 58.3. The topological polar surface area (TPSA) is 123 Å². The minimum absolute atomic E-state index is 0.0561. The van der Waals surface area contributed by atoms with Crippen LogP contribution in [0.15, 0.2) is 54.6 Å². The van der Waals surface area contributed by atoms with Gasteiger partial charge in [-0.1, -0.05) is 6.07 Å². The van der Waals surface area contributed by atoms with Crippen LogP contribution < -0.4 is 14.9 Å². The molecule has 0 aliphatic carbocycles. The van der Waals surface area contributed by atoms with Crippen LogP contribution in [0.3, 0.4) is 0 Å². The number of imidazole rings is 1. The van der Waals surface area contributed by atoms with Gasteiger partial charge in [-0.25, -0.2) is 27.0 Å². The molecular weight excluding hydrogens is 564 g/mol. The molecule has 0 aliphatic heterocycles. The van der Waals surface area contributed by atoms with Gasteiger partial charge in [0.25, 0.3) is 12.3 Å². The Bertz CT molecular complexity index is 1690. The summed E-state index contributed by atoms with van der Waals surface area (Å²) in [6.07, 6.45) is -2.30. The number of benzene rings is 2. The van der Waals surface area contributed by atoms with E-state index in [1.807, 2.05) is 0 Å². The lowest BCUT2D eigenvalue weighted by Crippen LogP contribution is -2.27. The van der Waals surface area contributed by atoms with Crippen LogP contribution in [0.4, 0.5) is 30.9 Å². The van der Waals surface area contributed by atoms with E-state index in [2.05, 4.69) is 15.6 Å². The summed E-state index contributed by atoms with van der Waals surface area (Å²) in [5.41, 5.74) is 1.40. The molecule has 2 heterocycles. The lowest BCUT2D eigenvalue weighted by atomic mass is 10.2. The predicted octanol–water partition coefficient (Wildman–Crippen LogP) is 6.02. The zero-order valence-corrected chi connectivity index (χ0v) is 23.9. The fourth-order valence-corrected chi connectivity index (χ4v) is 4.96. The number of nitrogens with one attached hydrogen (secondary N) is 2. The van der Waals surface area contributed by atoms with Crippen molar-refractivity contribution < 1.29 is 31.5 Å². The Morgan fingerprint density at radius 2 is 1.80 bits per heavy atom. The van der Waals surface area contributed by atoms with E-state index in [0.717, 1.165) is 10.6 Å². The molecule has 14 heteroatoms. The number of alkyl halides is 2. The van der Waals surface area contributed by atoms with E-state index in [9.17, 15) is 26.8 Å². The summed E-state index contributed by atoms with van der Waals surface area (Å²) in [4.78, 5) is 29.7. The van der Waals surface area contributed by atoms with Gasteiger partial charge in [-0.2, -0.15) is 0 Å². The second kappa shape index (κ2) is 10.8. The number of carbonyl (C=O) groups is 2. The first-order valence-corrected chi connectivity index (χ1v) is 14.5. The first-order valence-electron chi connectivity index (χ1n) is 11.9. The van der Waals surface area contributed by atoms with Gasteiger partial charge in [-0.3, -0.25) is 24.3 Å². The average molecular weight is 592 g/mol. The van der Waals surface area contributed by atoms with E-state index < -0.39 is 34.1 Å². The Hall–Kier alpha value is -4.04. The average Bonchev–Trinajstić information content (AvgIpc) is 3.46. The number of thiophene rings is 1. The van der Waals surface area contributed by atoms with Crippen LogP contribution in [-0.2, 0) is 14.8 Å². The highest BCUT2D eigenvalue weighted by atomic mass is 32.2. The van der Waals surface area contributed by atoms with Crippen molar-refractivity contribution in [3.05, 3.63) is 64.4 Å². The number of nitrogens with zero attached hydrogens (tertiary/aromatic N) is 3. The minimum atomic E-state index is -3.55. The van der Waals surface area contributed by atoms with Crippen molar-refractivity contribution in [2.75, 3.05) is 28.2 Å². The maximum atomic E-state index is 13.1. The van der Waals surface area contributed by atoms with Crippen LogP contribution in [0.1, 0.15) is 41.7 Å². The number of anilines is 3. The van der Waals surface area contributed by atoms with Crippen LogP contribution in [-0.4, -0.2) is 48.9 Å². The molecule has 10 nitrogen and oxygen atoms in total. The molecule has 212 valence electrons. The second-order valence-corrected chi connectivity index (χ2v) is 12.9. The lowest BCUT2D eigenvalue weighted by Gasteiger charge is -2.20. The summed E-state index contributed by atoms with van der Waals surface area (Å²) in [6.45, 7) is 5.22. The molecule has 40 heavy (non-hydrogen) atoms. The molecule has 4 aromatic rings. The minimum Gasteiger partial charge on any atom is -0.444 e. The molecule has 0 aliphatic rings. The number of amides is 2. The Morgan fingerprint density at radius 1 is 1.07 bits per heavy atom. The van der Waals surface area contributed by atoms with Crippen LogP contribution in [0, 0.1) is 0 Å². The fourth-order valence-electron chi connectivity index (χ4n) is 3.70. The van der Waals surface area contributed by atoms with Crippen molar-refractivity contribution in [2.45, 2.75) is 32.8 Å². The number of rotatable bonds is 7. The smallest absolute Gasteiger partial charge is 0.412 e. The van der Waals surface area contributed by atoms with Crippen molar-refractivity contribution in [3.8, 4) is 5.69 Å². The SMILES string of the molecule is CN(c1ccc2c(c1)nc(NC(=O)c1ccc(C(F)F)s1)n2-c1cccc(NC(=O)OC(C)(C)C)c1)S(C)(=O)=O. The first kappa shape index (κ1) is 29.0.